The van der Waals surface area contributed by atoms with E-state index in [4.69, 9.17) is 4.42 Å². The topological polar surface area (TPSA) is 45.5 Å². The van der Waals surface area contributed by atoms with Gasteiger partial charge in [0.1, 0.15) is 11.3 Å². The molecule has 1 amide bonds. The molecule has 31 heavy (non-hydrogen) atoms. The SMILES string of the molecule is CCCN(C)C(=O)c1ccc(NC(c2oc3ccc(C4CC4)cc3c2C)C(C)C)cc1. The van der Waals surface area contributed by atoms with Crippen LogP contribution in [0.1, 0.15) is 79.2 Å². The van der Waals surface area contributed by atoms with E-state index in [1.807, 2.05) is 31.3 Å². The predicted octanol–water partition coefficient (Wildman–Crippen LogP) is 6.91. The molecule has 164 valence electrons. The minimum absolute atomic E-state index is 0.0566. The first-order valence-electron chi connectivity index (χ1n) is 11.5. The first kappa shape index (κ1) is 21.5. The average Bonchev–Trinajstić information content (AvgIpc) is 3.56. The van der Waals surface area contributed by atoms with E-state index in [2.05, 4.69) is 51.2 Å². The molecule has 0 bridgehead atoms. The van der Waals surface area contributed by atoms with Gasteiger partial charge in [0.15, 0.2) is 0 Å². The normalized spacial score (nSPS) is 14.8. The fourth-order valence-corrected chi connectivity index (χ4v) is 4.31. The van der Waals surface area contributed by atoms with Crippen molar-refractivity contribution < 1.29 is 9.21 Å². The van der Waals surface area contributed by atoms with E-state index in [-0.39, 0.29) is 11.9 Å². The Labute approximate surface area is 185 Å². The molecule has 1 unspecified atom stereocenters. The van der Waals surface area contributed by atoms with Crippen molar-refractivity contribution in [3.8, 4) is 0 Å². The Morgan fingerprint density at radius 3 is 2.48 bits per heavy atom. The number of fused-ring (bicyclic) bond motifs is 1. The minimum atomic E-state index is 0.0566. The standard InChI is InChI=1S/C27H34N2O2/c1-6-15-29(5)27(30)20-9-12-22(13-10-20)28-25(17(2)3)26-18(4)23-16-21(19-7-8-19)11-14-24(23)31-26/h9-14,16-17,19,25,28H,6-8,15H2,1-5H3. The molecular formula is C27H34N2O2. The van der Waals surface area contributed by atoms with E-state index in [0.717, 1.165) is 41.5 Å². The van der Waals surface area contributed by atoms with E-state index >= 15 is 0 Å². The van der Waals surface area contributed by atoms with Crippen LogP contribution in [-0.2, 0) is 0 Å². The zero-order valence-electron chi connectivity index (χ0n) is 19.4. The Bertz CT molecular complexity index is 1060. The first-order valence-corrected chi connectivity index (χ1v) is 11.5. The van der Waals surface area contributed by atoms with Gasteiger partial charge in [0.2, 0.25) is 0 Å². The number of benzene rings is 2. The number of anilines is 1. The molecule has 1 atom stereocenters. The summed E-state index contributed by atoms with van der Waals surface area (Å²) in [7, 11) is 1.85. The van der Waals surface area contributed by atoms with Crippen LogP contribution in [0.5, 0.6) is 0 Å². The van der Waals surface area contributed by atoms with Crippen LogP contribution in [0, 0.1) is 12.8 Å². The number of hydrogen-bond donors (Lipinski definition) is 1. The molecule has 4 rings (SSSR count). The van der Waals surface area contributed by atoms with Gasteiger partial charge in [-0.1, -0.05) is 26.8 Å². The average molecular weight is 419 g/mol. The van der Waals surface area contributed by atoms with Gasteiger partial charge in [-0.25, -0.2) is 0 Å². The lowest BCUT2D eigenvalue weighted by Crippen LogP contribution is -2.27. The summed E-state index contributed by atoms with van der Waals surface area (Å²) in [5.74, 6) is 2.15. The lowest BCUT2D eigenvalue weighted by Gasteiger charge is -2.23. The maximum absolute atomic E-state index is 12.5. The van der Waals surface area contributed by atoms with Gasteiger partial charge in [-0.3, -0.25) is 4.79 Å². The van der Waals surface area contributed by atoms with Gasteiger partial charge in [0, 0.05) is 35.8 Å². The molecule has 4 heteroatoms. The molecule has 1 fully saturated rings. The maximum atomic E-state index is 12.5. The summed E-state index contributed by atoms with van der Waals surface area (Å²) in [6.45, 7) is 9.42. The number of nitrogens with zero attached hydrogens (tertiary/aromatic N) is 1. The Morgan fingerprint density at radius 1 is 1.16 bits per heavy atom. The highest BCUT2D eigenvalue weighted by Crippen LogP contribution is 2.42. The molecule has 0 spiro atoms. The summed E-state index contributed by atoms with van der Waals surface area (Å²) >= 11 is 0. The van der Waals surface area contributed by atoms with Crippen molar-refractivity contribution >= 4 is 22.6 Å². The van der Waals surface area contributed by atoms with Crippen molar-refractivity contribution in [3.05, 3.63) is 64.9 Å². The lowest BCUT2D eigenvalue weighted by molar-refractivity contribution is 0.0795. The second-order valence-electron chi connectivity index (χ2n) is 9.29. The number of hydrogen-bond acceptors (Lipinski definition) is 3. The number of amides is 1. The number of carbonyl (C=O) groups excluding carboxylic acids is 1. The Morgan fingerprint density at radius 2 is 1.87 bits per heavy atom. The van der Waals surface area contributed by atoms with Gasteiger partial charge in [0.05, 0.1) is 6.04 Å². The summed E-state index contributed by atoms with van der Waals surface area (Å²) < 4.78 is 6.35. The third kappa shape index (κ3) is 4.48. The summed E-state index contributed by atoms with van der Waals surface area (Å²) in [5, 5.41) is 4.88. The van der Waals surface area contributed by atoms with E-state index in [0.29, 0.717) is 5.92 Å². The van der Waals surface area contributed by atoms with Crippen LogP contribution >= 0.6 is 0 Å². The van der Waals surface area contributed by atoms with E-state index in [1.165, 1.54) is 29.4 Å². The third-order valence-electron chi connectivity index (χ3n) is 6.35. The first-order chi connectivity index (χ1) is 14.9. The Balaban J connectivity index is 1.57. The van der Waals surface area contributed by atoms with Gasteiger partial charge in [0.25, 0.3) is 5.91 Å². The molecular weight excluding hydrogens is 384 g/mol. The number of nitrogens with one attached hydrogen (secondary N) is 1. The smallest absolute Gasteiger partial charge is 0.253 e. The largest absolute Gasteiger partial charge is 0.459 e. The summed E-state index contributed by atoms with van der Waals surface area (Å²) in [6, 6.07) is 14.5. The highest BCUT2D eigenvalue weighted by atomic mass is 16.3. The summed E-state index contributed by atoms with van der Waals surface area (Å²) in [6.07, 6.45) is 3.56. The molecule has 0 saturated heterocycles. The second kappa shape index (κ2) is 8.78. The van der Waals surface area contributed by atoms with Crippen molar-refractivity contribution in [3.63, 3.8) is 0 Å². The molecule has 1 saturated carbocycles. The van der Waals surface area contributed by atoms with Crippen LogP contribution in [0.3, 0.4) is 0 Å². The van der Waals surface area contributed by atoms with Crippen LogP contribution in [-0.4, -0.2) is 24.4 Å². The highest BCUT2D eigenvalue weighted by molar-refractivity contribution is 5.94. The molecule has 0 aliphatic heterocycles. The third-order valence-corrected chi connectivity index (χ3v) is 6.35. The molecule has 3 aromatic rings. The molecule has 2 aromatic carbocycles. The fourth-order valence-electron chi connectivity index (χ4n) is 4.31. The van der Waals surface area contributed by atoms with Crippen molar-refractivity contribution in [2.24, 2.45) is 5.92 Å². The molecule has 1 aliphatic rings. The molecule has 1 heterocycles. The Hall–Kier alpha value is -2.75. The van der Waals surface area contributed by atoms with Crippen molar-refractivity contribution in [1.29, 1.82) is 0 Å². The highest BCUT2D eigenvalue weighted by Gasteiger charge is 2.27. The van der Waals surface area contributed by atoms with E-state index in [1.54, 1.807) is 4.90 Å². The van der Waals surface area contributed by atoms with Crippen molar-refractivity contribution in [2.75, 3.05) is 18.9 Å². The van der Waals surface area contributed by atoms with Gasteiger partial charge in [-0.2, -0.15) is 0 Å². The van der Waals surface area contributed by atoms with Crippen LogP contribution < -0.4 is 5.32 Å². The predicted molar refractivity (Wildman–Crippen MR) is 128 cm³/mol. The van der Waals surface area contributed by atoms with Gasteiger partial charge < -0.3 is 14.6 Å². The fraction of sp³-hybridized carbons (Fsp3) is 0.444. The molecule has 1 aliphatic carbocycles. The number of aryl methyl sites for hydroxylation is 1. The zero-order chi connectivity index (χ0) is 22.1. The van der Waals surface area contributed by atoms with E-state index < -0.39 is 0 Å². The lowest BCUT2D eigenvalue weighted by atomic mass is 9.97. The van der Waals surface area contributed by atoms with Gasteiger partial charge in [-0.15, -0.1) is 0 Å². The van der Waals surface area contributed by atoms with Crippen LogP contribution in [0.2, 0.25) is 0 Å². The van der Waals surface area contributed by atoms with Crippen LogP contribution in [0.15, 0.2) is 46.9 Å². The van der Waals surface area contributed by atoms with Gasteiger partial charge >= 0.3 is 0 Å². The molecule has 0 radical (unpaired) electrons. The van der Waals surface area contributed by atoms with Crippen LogP contribution in [0.25, 0.3) is 11.0 Å². The molecule has 4 nitrogen and oxygen atoms in total. The van der Waals surface area contributed by atoms with Gasteiger partial charge in [-0.05, 0) is 80.0 Å². The minimum Gasteiger partial charge on any atom is -0.459 e. The zero-order valence-corrected chi connectivity index (χ0v) is 19.4. The maximum Gasteiger partial charge on any atom is 0.253 e. The quantitative estimate of drug-likeness (QED) is 0.432. The summed E-state index contributed by atoms with van der Waals surface area (Å²) in [5.41, 5.74) is 5.33. The monoisotopic (exact) mass is 418 g/mol. The number of carbonyl (C=O) groups is 1. The second-order valence-corrected chi connectivity index (χ2v) is 9.29. The number of rotatable bonds is 8. The molecule has 1 aromatic heterocycles. The van der Waals surface area contributed by atoms with E-state index in [9.17, 15) is 4.79 Å². The van der Waals surface area contributed by atoms with Crippen molar-refractivity contribution in [1.82, 2.24) is 4.90 Å². The van der Waals surface area contributed by atoms with Crippen LogP contribution in [0.4, 0.5) is 5.69 Å². The number of furan rings is 1. The summed E-state index contributed by atoms with van der Waals surface area (Å²) in [4.78, 5) is 14.3. The molecule has 1 N–H and O–H groups in total. The van der Waals surface area contributed by atoms with Crippen molar-refractivity contribution in [2.45, 2.75) is 58.9 Å². The Kier molecular flexibility index (Phi) is 6.08.